The Kier molecular flexibility index (Phi) is 4.40. The molecule has 0 radical (unpaired) electrons. The van der Waals surface area contributed by atoms with Gasteiger partial charge in [0.2, 0.25) is 11.9 Å². The van der Waals surface area contributed by atoms with Gasteiger partial charge in [0, 0.05) is 0 Å². The highest BCUT2D eigenvalue weighted by Crippen LogP contribution is 2.03. The number of rotatable bonds is 2. The summed E-state index contributed by atoms with van der Waals surface area (Å²) in [7, 11) is 0. The zero-order valence-electron chi connectivity index (χ0n) is 8.59. The Morgan fingerprint density at radius 3 is 2.88 bits per heavy atom. The average Bonchev–Trinajstić information content (AvgIpc) is 2.22. The molecule has 0 aliphatic rings. The van der Waals surface area contributed by atoms with Crippen molar-refractivity contribution in [3.63, 3.8) is 0 Å². The molecular formula is C11H9F2NO2. The van der Waals surface area contributed by atoms with Crippen LogP contribution in [-0.4, -0.2) is 17.6 Å². The average molecular weight is 225 g/mol. The highest BCUT2D eigenvalue weighted by atomic mass is 19.1. The molecule has 0 aromatic carbocycles. The van der Waals surface area contributed by atoms with Crippen LogP contribution in [0.25, 0.3) is 0 Å². The second kappa shape index (κ2) is 5.81. The molecule has 16 heavy (non-hydrogen) atoms. The molecule has 0 atom stereocenters. The molecule has 1 heterocycles. The van der Waals surface area contributed by atoms with Crippen LogP contribution in [0, 0.1) is 23.7 Å². The van der Waals surface area contributed by atoms with Crippen molar-refractivity contribution in [3.05, 3.63) is 29.6 Å². The van der Waals surface area contributed by atoms with E-state index in [9.17, 15) is 13.6 Å². The molecule has 0 saturated carbocycles. The number of pyridine rings is 1. The van der Waals surface area contributed by atoms with E-state index in [1.54, 1.807) is 6.92 Å². The number of carbonyl (C=O) groups excluding carboxylic acids is 1. The predicted molar refractivity (Wildman–Crippen MR) is 52.3 cm³/mol. The van der Waals surface area contributed by atoms with E-state index in [4.69, 9.17) is 0 Å². The Balaban J connectivity index is 2.66. The lowest BCUT2D eigenvalue weighted by atomic mass is 10.2. The zero-order chi connectivity index (χ0) is 12.0. The van der Waals surface area contributed by atoms with Crippen LogP contribution in [0.5, 0.6) is 0 Å². The van der Waals surface area contributed by atoms with Crippen LogP contribution >= 0.6 is 0 Å². The van der Waals surface area contributed by atoms with Gasteiger partial charge in [0.25, 0.3) is 0 Å². The van der Waals surface area contributed by atoms with Crippen molar-refractivity contribution in [3.8, 4) is 11.8 Å². The summed E-state index contributed by atoms with van der Waals surface area (Å²) < 4.78 is 30.0. The van der Waals surface area contributed by atoms with Crippen LogP contribution in [0.3, 0.4) is 0 Å². The van der Waals surface area contributed by atoms with Crippen LogP contribution < -0.4 is 0 Å². The number of aromatic nitrogens is 1. The number of carbonyl (C=O) groups is 1. The Morgan fingerprint density at radius 1 is 1.50 bits per heavy atom. The summed E-state index contributed by atoms with van der Waals surface area (Å²) in [6.07, 6.45) is -0.134. The van der Waals surface area contributed by atoms with Gasteiger partial charge in [-0.25, -0.2) is 0 Å². The van der Waals surface area contributed by atoms with Crippen molar-refractivity contribution in [1.29, 1.82) is 0 Å². The molecule has 0 aliphatic carbocycles. The van der Waals surface area contributed by atoms with E-state index in [1.165, 1.54) is 0 Å². The van der Waals surface area contributed by atoms with Gasteiger partial charge in [-0.1, -0.05) is 11.8 Å². The third-order valence-corrected chi connectivity index (χ3v) is 1.58. The Morgan fingerprint density at radius 2 is 2.25 bits per heavy atom. The fourth-order valence-corrected chi connectivity index (χ4v) is 0.929. The van der Waals surface area contributed by atoms with Gasteiger partial charge in [0.15, 0.2) is 0 Å². The van der Waals surface area contributed by atoms with Gasteiger partial charge in [-0.05, 0) is 19.1 Å². The SMILES string of the molecule is CCOC(=O)CC#Cc1ccc(F)nc1F. The van der Waals surface area contributed by atoms with Crippen molar-refractivity contribution < 1.29 is 18.3 Å². The quantitative estimate of drug-likeness (QED) is 0.436. The van der Waals surface area contributed by atoms with Crippen LogP contribution in [0.4, 0.5) is 8.78 Å². The molecule has 0 saturated heterocycles. The zero-order valence-corrected chi connectivity index (χ0v) is 8.59. The van der Waals surface area contributed by atoms with Gasteiger partial charge >= 0.3 is 5.97 Å². The summed E-state index contributed by atoms with van der Waals surface area (Å²) in [5.41, 5.74) is -0.0503. The van der Waals surface area contributed by atoms with Crippen molar-refractivity contribution in [2.24, 2.45) is 0 Å². The van der Waals surface area contributed by atoms with Crippen LogP contribution in [0.2, 0.25) is 0 Å². The van der Waals surface area contributed by atoms with Crippen LogP contribution in [0.15, 0.2) is 12.1 Å². The maximum Gasteiger partial charge on any atom is 0.317 e. The summed E-state index contributed by atoms with van der Waals surface area (Å²) in [6, 6.07) is 2.16. The number of esters is 1. The van der Waals surface area contributed by atoms with E-state index in [-0.39, 0.29) is 18.6 Å². The lowest BCUT2D eigenvalue weighted by Crippen LogP contribution is -2.01. The van der Waals surface area contributed by atoms with Crippen molar-refractivity contribution in [2.45, 2.75) is 13.3 Å². The minimum atomic E-state index is -0.989. The number of hydrogen-bond donors (Lipinski definition) is 0. The Hall–Kier alpha value is -1.96. The van der Waals surface area contributed by atoms with Crippen LogP contribution in [-0.2, 0) is 9.53 Å². The number of ether oxygens (including phenoxy) is 1. The summed E-state index contributed by atoms with van der Waals surface area (Å²) in [6.45, 7) is 1.95. The summed E-state index contributed by atoms with van der Waals surface area (Å²) in [5, 5.41) is 0. The summed E-state index contributed by atoms with van der Waals surface area (Å²) in [5.74, 6) is 2.41. The number of hydrogen-bond acceptors (Lipinski definition) is 3. The van der Waals surface area contributed by atoms with E-state index >= 15 is 0 Å². The molecule has 0 spiro atoms. The van der Waals surface area contributed by atoms with Crippen molar-refractivity contribution in [1.82, 2.24) is 4.98 Å². The smallest absolute Gasteiger partial charge is 0.317 e. The first-order chi connectivity index (χ1) is 7.63. The van der Waals surface area contributed by atoms with Crippen LogP contribution in [0.1, 0.15) is 18.9 Å². The first-order valence-electron chi connectivity index (χ1n) is 4.60. The first kappa shape index (κ1) is 12.1. The third-order valence-electron chi connectivity index (χ3n) is 1.58. The van der Waals surface area contributed by atoms with Gasteiger partial charge < -0.3 is 4.74 Å². The normalized spacial score (nSPS) is 9.19. The lowest BCUT2D eigenvalue weighted by molar-refractivity contribution is -0.141. The van der Waals surface area contributed by atoms with Crippen molar-refractivity contribution >= 4 is 5.97 Å². The Labute approximate surface area is 91.4 Å². The molecule has 0 aliphatic heterocycles. The van der Waals surface area contributed by atoms with Crippen molar-refractivity contribution in [2.75, 3.05) is 6.61 Å². The molecule has 3 nitrogen and oxygen atoms in total. The van der Waals surface area contributed by atoms with E-state index in [1.807, 2.05) is 0 Å². The topological polar surface area (TPSA) is 39.2 Å². The first-order valence-corrected chi connectivity index (χ1v) is 4.60. The fourth-order valence-electron chi connectivity index (χ4n) is 0.929. The Bertz CT molecular complexity index is 449. The van der Waals surface area contributed by atoms with Gasteiger partial charge in [-0.15, -0.1) is 0 Å². The highest BCUT2D eigenvalue weighted by molar-refractivity contribution is 5.72. The molecule has 0 amide bonds. The highest BCUT2D eigenvalue weighted by Gasteiger charge is 2.02. The standard InChI is InChI=1S/C11H9F2NO2/c1-2-16-10(15)5-3-4-8-6-7-9(12)14-11(8)13/h6-7H,2,5H2,1H3. The second-order valence-electron chi connectivity index (χ2n) is 2.76. The molecule has 1 rings (SSSR count). The summed E-state index contributed by atoms with van der Waals surface area (Å²) >= 11 is 0. The lowest BCUT2D eigenvalue weighted by Gasteiger charge is -1.95. The molecule has 0 N–H and O–H groups in total. The van der Waals surface area contributed by atoms with Gasteiger partial charge in [-0.2, -0.15) is 13.8 Å². The molecule has 84 valence electrons. The fraction of sp³-hybridized carbons (Fsp3) is 0.273. The molecule has 5 heteroatoms. The van der Waals surface area contributed by atoms with E-state index < -0.39 is 17.9 Å². The van der Waals surface area contributed by atoms with Gasteiger partial charge in [-0.3, -0.25) is 4.79 Å². The number of halogens is 2. The van der Waals surface area contributed by atoms with Gasteiger partial charge in [0.1, 0.15) is 6.42 Å². The molecule has 0 bridgehead atoms. The molecule has 1 aromatic rings. The largest absolute Gasteiger partial charge is 0.465 e. The molecule has 0 fully saturated rings. The minimum Gasteiger partial charge on any atom is -0.465 e. The summed E-state index contributed by atoms with van der Waals surface area (Å²) in [4.78, 5) is 13.8. The monoisotopic (exact) mass is 225 g/mol. The third kappa shape index (κ3) is 3.65. The molecule has 1 aromatic heterocycles. The maximum atomic E-state index is 13.0. The predicted octanol–water partition coefficient (Wildman–Crippen LogP) is 1.66. The van der Waals surface area contributed by atoms with Gasteiger partial charge in [0.05, 0.1) is 12.2 Å². The minimum absolute atomic E-state index is 0.0503. The molecular weight excluding hydrogens is 216 g/mol. The van der Waals surface area contributed by atoms with E-state index in [0.717, 1.165) is 12.1 Å². The second-order valence-corrected chi connectivity index (χ2v) is 2.76. The molecule has 0 unspecified atom stereocenters. The van der Waals surface area contributed by atoms with E-state index in [2.05, 4.69) is 21.6 Å². The van der Waals surface area contributed by atoms with E-state index in [0.29, 0.717) is 0 Å². The number of nitrogens with zero attached hydrogens (tertiary/aromatic N) is 1. The maximum absolute atomic E-state index is 13.0.